The zero-order valence-electron chi connectivity index (χ0n) is 9.90. The Balaban J connectivity index is 4.28. The van der Waals surface area contributed by atoms with E-state index in [-0.39, 0.29) is 5.92 Å². The van der Waals surface area contributed by atoms with Crippen molar-refractivity contribution >= 4 is 23.6 Å². The number of carbonyl (C=O) groups is 2. The summed E-state index contributed by atoms with van der Waals surface area (Å²) in [5, 5.41) is 11.4. The Hall–Kier alpha value is -0.750. The lowest BCUT2D eigenvalue weighted by molar-refractivity contribution is -0.142. The van der Waals surface area contributed by atoms with Gasteiger partial charge in [0.25, 0.3) is 0 Å². The molecule has 0 unspecified atom stereocenters. The molecule has 0 saturated heterocycles. The normalized spacial score (nSPS) is 14.6. The highest BCUT2D eigenvalue weighted by molar-refractivity contribution is 7.98. The molecule has 0 aromatic heterocycles. The number of nitrogens with two attached hydrogens (primary N) is 1. The molecule has 16 heavy (non-hydrogen) atoms. The molecule has 0 radical (unpaired) electrons. The summed E-state index contributed by atoms with van der Waals surface area (Å²) in [6.45, 7) is 3.64. The average molecular weight is 248 g/mol. The van der Waals surface area contributed by atoms with Crippen molar-refractivity contribution in [1.82, 2.24) is 5.32 Å². The number of thioether (sulfide) groups is 1. The molecule has 5 nitrogen and oxygen atoms in total. The monoisotopic (exact) mass is 248 g/mol. The van der Waals surface area contributed by atoms with Crippen LogP contribution in [0.1, 0.15) is 20.3 Å². The van der Waals surface area contributed by atoms with Crippen LogP contribution in [0.15, 0.2) is 0 Å². The summed E-state index contributed by atoms with van der Waals surface area (Å²) in [7, 11) is 0. The first kappa shape index (κ1) is 15.2. The Labute approximate surface area is 100 Å². The topological polar surface area (TPSA) is 92.4 Å². The summed E-state index contributed by atoms with van der Waals surface area (Å²) in [6, 6.07) is -1.50. The van der Waals surface area contributed by atoms with Gasteiger partial charge in [0.15, 0.2) is 0 Å². The summed E-state index contributed by atoms with van der Waals surface area (Å²) in [5.74, 6) is -0.731. The van der Waals surface area contributed by atoms with Crippen molar-refractivity contribution < 1.29 is 14.7 Å². The minimum Gasteiger partial charge on any atom is -0.480 e. The van der Waals surface area contributed by atoms with Crippen LogP contribution in [-0.4, -0.2) is 41.1 Å². The van der Waals surface area contributed by atoms with Gasteiger partial charge in [-0.05, 0) is 24.3 Å². The largest absolute Gasteiger partial charge is 0.480 e. The van der Waals surface area contributed by atoms with E-state index >= 15 is 0 Å². The molecule has 0 heterocycles. The number of hydrogen-bond acceptors (Lipinski definition) is 4. The van der Waals surface area contributed by atoms with Gasteiger partial charge < -0.3 is 16.2 Å². The maximum absolute atomic E-state index is 11.6. The molecule has 0 aromatic carbocycles. The molecule has 6 heteroatoms. The molecule has 0 aliphatic heterocycles. The molecule has 94 valence electrons. The van der Waals surface area contributed by atoms with Crippen molar-refractivity contribution in [2.75, 3.05) is 12.0 Å². The fraction of sp³-hybridized carbons (Fsp3) is 0.800. The Kier molecular flexibility index (Phi) is 7.16. The molecular weight excluding hydrogens is 228 g/mol. The van der Waals surface area contributed by atoms with Gasteiger partial charge in [-0.3, -0.25) is 4.79 Å². The fourth-order valence-electron chi connectivity index (χ4n) is 1.06. The third-order valence-corrected chi connectivity index (χ3v) is 2.89. The fourth-order valence-corrected chi connectivity index (χ4v) is 1.54. The van der Waals surface area contributed by atoms with Crippen molar-refractivity contribution in [3.05, 3.63) is 0 Å². The lowest BCUT2D eigenvalue weighted by Crippen LogP contribution is -2.50. The highest BCUT2D eigenvalue weighted by Gasteiger charge is 2.24. The second-order valence-electron chi connectivity index (χ2n) is 3.95. The van der Waals surface area contributed by atoms with Crippen LogP contribution in [0.5, 0.6) is 0 Å². The number of aliphatic carboxylic acids is 1. The van der Waals surface area contributed by atoms with Gasteiger partial charge in [-0.2, -0.15) is 11.8 Å². The van der Waals surface area contributed by atoms with Crippen LogP contribution in [0.3, 0.4) is 0 Å². The van der Waals surface area contributed by atoms with Crippen molar-refractivity contribution in [2.24, 2.45) is 11.7 Å². The Bertz CT molecular complexity index is 246. The lowest BCUT2D eigenvalue weighted by atomic mass is 10.0. The predicted octanol–water partition coefficient (Wildman–Crippen LogP) is 0.292. The van der Waals surface area contributed by atoms with E-state index in [1.54, 1.807) is 11.8 Å². The first-order valence-corrected chi connectivity index (χ1v) is 6.57. The lowest BCUT2D eigenvalue weighted by Gasteiger charge is -2.19. The molecular formula is C10H20N2O3S. The molecule has 0 aliphatic rings. The maximum Gasteiger partial charge on any atom is 0.326 e. The van der Waals surface area contributed by atoms with Crippen LogP contribution in [0, 0.1) is 5.92 Å². The van der Waals surface area contributed by atoms with Crippen LogP contribution in [0.2, 0.25) is 0 Å². The minimum absolute atomic E-state index is 0.00463. The van der Waals surface area contributed by atoms with Crippen LogP contribution in [0.4, 0.5) is 0 Å². The van der Waals surface area contributed by atoms with Gasteiger partial charge in [0.05, 0.1) is 6.04 Å². The molecule has 0 saturated carbocycles. The van der Waals surface area contributed by atoms with Crippen LogP contribution < -0.4 is 11.1 Å². The van der Waals surface area contributed by atoms with Gasteiger partial charge in [-0.1, -0.05) is 13.8 Å². The van der Waals surface area contributed by atoms with E-state index in [1.165, 1.54) is 0 Å². The van der Waals surface area contributed by atoms with E-state index in [9.17, 15) is 9.59 Å². The van der Waals surface area contributed by atoms with Gasteiger partial charge in [0.2, 0.25) is 5.91 Å². The van der Waals surface area contributed by atoms with Crippen molar-refractivity contribution in [2.45, 2.75) is 32.4 Å². The van der Waals surface area contributed by atoms with Crippen LogP contribution in [0.25, 0.3) is 0 Å². The predicted molar refractivity (Wildman–Crippen MR) is 65.4 cm³/mol. The summed E-state index contributed by atoms with van der Waals surface area (Å²) in [6.07, 6.45) is 2.30. The zero-order valence-corrected chi connectivity index (χ0v) is 10.7. The number of amides is 1. The van der Waals surface area contributed by atoms with Crippen molar-refractivity contribution in [3.63, 3.8) is 0 Å². The van der Waals surface area contributed by atoms with E-state index in [4.69, 9.17) is 10.8 Å². The summed E-state index contributed by atoms with van der Waals surface area (Å²) < 4.78 is 0. The van der Waals surface area contributed by atoms with Gasteiger partial charge in [0, 0.05) is 0 Å². The third-order valence-electron chi connectivity index (χ3n) is 2.25. The third kappa shape index (κ3) is 5.37. The molecule has 0 rings (SSSR count). The number of nitrogens with one attached hydrogen (secondary N) is 1. The Morgan fingerprint density at radius 1 is 1.44 bits per heavy atom. The number of carbonyl (C=O) groups excluding carboxylic acids is 1. The molecule has 2 atom stereocenters. The highest BCUT2D eigenvalue weighted by atomic mass is 32.2. The smallest absolute Gasteiger partial charge is 0.326 e. The number of carboxylic acid groups (broad SMARTS) is 1. The number of carboxylic acids is 1. The SMILES string of the molecule is CSCC[C@@H](NC(=O)[C@H](N)C(C)C)C(=O)O. The first-order chi connectivity index (χ1) is 7.40. The van der Waals surface area contributed by atoms with Crippen LogP contribution in [-0.2, 0) is 9.59 Å². The van der Waals surface area contributed by atoms with E-state index in [0.717, 1.165) is 0 Å². The molecule has 1 amide bonds. The van der Waals surface area contributed by atoms with Crippen LogP contribution >= 0.6 is 11.8 Å². The van der Waals surface area contributed by atoms with E-state index in [1.807, 2.05) is 20.1 Å². The summed E-state index contributed by atoms with van der Waals surface area (Å²) in [4.78, 5) is 22.4. The van der Waals surface area contributed by atoms with Gasteiger partial charge in [-0.25, -0.2) is 4.79 Å². The van der Waals surface area contributed by atoms with Crippen molar-refractivity contribution in [3.8, 4) is 0 Å². The molecule has 0 aromatic rings. The minimum atomic E-state index is -1.02. The van der Waals surface area contributed by atoms with Gasteiger partial charge >= 0.3 is 5.97 Å². The molecule has 0 aliphatic carbocycles. The summed E-state index contributed by atoms with van der Waals surface area (Å²) in [5.41, 5.74) is 5.63. The van der Waals surface area contributed by atoms with E-state index in [0.29, 0.717) is 12.2 Å². The Morgan fingerprint density at radius 3 is 2.38 bits per heavy atom. The second-order valence-corrected chi connectivity index (χ2v) is 4.94. The zero-order chi connectivity index (χ0) is 12.7. The quantitative estimate of drug-likeness (QED) is 0.602. The standard InChI is InChI=1S/C10H20N2O3S/c1-6(2)8(11)9(13)12-7(10(14)15)4-5-16-3/h6-8H,4-5,11H2,1-3H3,(H,12,13)(H,14,15)/t7-,8-/m1/s1. The maximum atomic E-state index is 11.6. The van der Waals surface area contributed by atoms with E-state index in [2.05, 4.69) is 5.32 Å². The summed E-state index contributed by atoms with van der Waals surface area (Å²) >= 11 is 1.54. The van der Waals surface area contributed by atoms with Gasteiger partial charge in [0.1, 0.15) is 6.04 Å². The second kappa shape index (κ2) is 7.51. The molecule has 4 N–H and O–H groups in total. The molecule has 0 fully saturated rings. The average Bonchev–Trinajstić information content (AvgIpc) is 2.21. The highest BCUT2D eigenvalue weighted by Crippen LogP contribution is 2.03. The first-order valence-electron chi connectivity index (χ1n) is 5.17. The molecule has 0 spiro atoms. The van der Waals surface area contributed by atoms with E-state index < -0.39 is 24.0 Å². The van der Waals surface area contributed by atoms with Crippen molar-refractivity contribution in [1.29, 1.82) is 0 Å². The van der Waals surface area contributed by atoms with Gasteiger partial charge in [-0.15, -0.1) is 0 Å². The molecule has 0 bridgehead atoms. The number of hydrogen-bond donors (Lipinski definition) is 3. The number of rotatable bonds is 7. The Morgan fingerprint density at radius 2 is 2.00 bits per heavy atom.